The molecule has 0 aromatic carbocycles. The van der Waals surface area contributed by atoms with Crippen LogP contribution in [0.5, 0.6) is 0 Å². The average molecular weight is 548 g/mol. The van der Waals surface area contributed by atoms with E-state index in [9.17, 15) is 19.5 Å². The Labute approximate surface area is 233 Å². The first-order valence-electron chi connectivity index (χ1n) is 13.8. The minimum atomic E-state index is -0.909. The van der Waals surface area contributed by atoms with E-state index in [2.05, 4.69) is 38.8 Å². The van der Waals surface area contributed by atoms with Crippen molar-refractivity contribution in [1.82, 2.24) is 24.5 Å². The lowest BCUT2D eigenvalue weighted by molar-refractivity contribution is 0.0187. The van der Waals surface area contributed by atoms with Crippen LogP contribution in [0, 0.1) is 20.8 Å². The van der Waals surface area contributed by atoms with E-state index in [1.165, 1.54) is 4.90 Å². The van der Waals surface area contributed by atoms with Gasteiger partial charge in [0.2, 0.25) is 0 Å². The molecule has 0 radical (unpaired) electrons. The number of hydrogen-bond acceptors (Lipinski definition) is 5. The number of carboxylic acid groups (broad SMARTS) is 1. The summed E-state index contributed by atoms with van der Waals surface area (Å²) in [7, 11) is 0. The summed E-state index contributed by atoms with van der Waals surface area (Å²) in [6.45, 7) is 11.7. The number of rotatable bonds is 6. The van der Waals surface area contributed by atoms with Crippen molar-refractivity contribution >= 4 is 23.1 Å². The summed E-state index contributed by atoms with van der Waals surface area (Å²) in [5.41, 5.74) is 7.49. The number of nitrogens with zero attached hydrogens (tertiary/aromatic N) is 3. The number of amides is 2. The number of carbonyl (C=O) groups excluding carboxylic acids is 1. The lowest BCUT2D eigenvalue weighted by Crippen LogP contribution is -2.39. The highest BCUT2D eigenvalue weighted by molar-refractivity contribution is 5.97. The summed E-state index contributed by atoms with van der Waals surface area (Å²) in [5.74, 6) is -0.230. The van der Waals surface area contributed by atoms with E-state index in [0.29, 0.717) is 43.9 Å². The second kappa shape index (κ2) is 11.3. The number of aryl methyl sites for hydroxylation is 2. The van der Waals surface area contributed by atoms with Gasteiger partial charge >= 0.3 is 6.09 Å². The van der Waals surface area contributed by atoms with Gasteiger partial charge in [-0.1, -0.05) is 6.08 Å². The standard InChI is InChI=1S/C30H37N5O5/c1-18-13-19(2)32-29(37)26(18)16-31-28(36)25-15-24-14-23(22-5-7-34(8-6-22)30(38)39)17-35(24)27(20(25)3)21(4)33-9-11-40-12-10-33/h5,13-15,17,21H,6-12,16H2,1-4H3,(H,31,36)(H,32,37)(H,38,39). The monoisotopic (exact) mass is 547 g/mol. The molecule has 10 heteroatoms. The Bertz CT molecular complexity index is 1550. The van der Waals surface area contributed by atoms with Crippen molar-refractivity contribution in [2.24, 2.45) is 0 Å². The van der Waals surface area contributed by atoms with Crippen molar-refractivity contribution in [2.75, 3.05) is 39.4 Å². The molecule has 0 aliphatic carbocycles. The molecule has 40 heavy (non-hydrogen) atoms. The van der Waals surface area contributed by atoms with Crippen LogP contribution in [0.15, 0.2) is 35.3 Å². The first kappa shape index (κ1) is 27.7. The molecule has 5 rings (SSSR count). The minimum absolute atomic E-state index is 0.0319. The van der Waals surface area contributed by atoms with Gasteiger partial charge in [0.15, 0.2) is 0 Å². The highest BCUT2D eigenvalue weighted by atomic mass is 16.5. The molecule has 3 aromatic rings. The largest absolute Gasteiger partial charge is 0.465 e. The topological polar surface area (TPSA) is 119 Å². The Morgan fingerprint density at radius 3 is 2.52 bits per heavy atom. The number of H-pyrrole nitrogens is 1. The summed E-state index contributed by atoms with van der Waals surface area (Å²) in [6.07, 6.45) is 3.80. The van der Waals surface area contributed by atoms with Crippen LogP contribution in [0.3, 0.4) is 0 Å². The Morgan fingerprint density at radius 2 is 1.88 bits per heavy atom. The van der Waals surface area contributed by atoms with Gasteiger partial charge in [-0.2, -0.15) is 0 Å². The molecule has 1 unspecified atom stereocenters. The molecule has 5 heterocycles. The van der Waals surface area contributed by atoms with E-state index in [-0.39, 0.29) is 24.1 Å². The zero-order chi connectivity index (χ0) is 28.6. The van der Waals surface area contributed by atoms with Crippen LogP contribution in [0.1, 0.15) is 63.4 Å². The molecule has 3 aromatic heterocycles. The highest BCUT2D eigenvalue weighted by Gasteiger charge is 2.26. The first-order chi connectivity index (χ1) is 19.1. The fourth-order valence-corrected chi connectivity index (χ4v) is 5.91. The third-order valence-corrected chi connectivity index (χ3v) is 8.19. The predicted octanol–water partition coefficient (Wildman–Crippen LogP) is 3.64. The average Bonchev–Trinajstić information content (AvgIpc) is 3.36. The summed E-state index contributed by atoms with van der Waals surface area (Å²) in [4.78, 5) is 44.1. The predicted molar refractivity (Wildman–Crippen MR) is 153 cm³/mol. The molecule has 0 spiro atoms. The second-order valence-corrected chi connectivity index (χ2v) is 10.7. The summed E-state index contributed by atoms with van der Waals surface area (Å²) in [6, 6.07) is 5.91. The molecule has 1 saturated heterocycles. The van der Waals surface area contributed by atoms with Crippen LogP contribution in [0.2, 0.25) is 0 Å². The fourth-order valence-electron chi connectivity index (χ4n) is 5.91. The van der Waals surface area contributed by atoms with Crippen molar-refractivity contribution in [3.63, 3.8) is 0 Å². The van der Waals surface area contributed by atoms with Crippen molar-refractivity contribution in [1.29, 1.82) is 0 Å². The van der Waals surface area contributed by atoms with Gasteiger partial charge in [-0.3, -0.25) is 14.5 Å². The Kier molecular flexibility index (Phi) is 7.82. The molecule has 0 saturated carbocycles. The molecule has 1 fully saturated rings. The maximum atomic E-state index is 13.6. The second-order valence-electron chi connectivity index (χ2n) is 10.7. The summed E-state index contributed by atoms with van der Waals surface area (Å²) >= 11 is 0. The number of aromatic nitrogens is 2. The number of nitrogens with one attached hydrogen (secondary N) is 2. The van der Waals surface area contributed by atoms with Gasteiger partial charge in [-0.25, -0.2) is 4.79 Å². The fraction of sp³-hybridized carbons (Fsp3) is 0.433. The zero-order valence-electron chi connectivity index (χ0n) is 23.5. The van der Waals surface area contributed by atoms with E-state index in [1.807, 2.05) is 39.0 Å². The van der Waals surface area contributed by atoms with E-state index >= 15 is 0 Å². The van der Waals surface area contributed by atoms with Gasteiger partial charge in [0.05, 0.1) is 13.2 Å². The number of morpholine rings is 1. The van der Waals surface area contributed by atoms with E-state index in [0.717, 1.165) is 52.3 Å². The smallest absolute Gasteiger partial charge is 0.407 e. The lowest BCUT2D eigenvalue weighted by Gasteiger charge is -2.34. The Hall–Kier alpha value is -3.89. The number of fused-ring (bicyclic) bond motifs is 1. The van der Waals surface area contributed by atoms with Crippen LogP contribution < -0.4 is 10.9 Å². The van der Waals surface area contributed by atoms with E-state index < -0.39 is 6.09 Å². The van der Waals surface area contributed by atoms with Crippen molar-refractivity contribution in [3.05, 3.63) is 80.0 Å². The maximum Gasteiger partial charge on any atom is 0.407 e. The molecule has 1 atom stereocenters. The maximum absolute atomic E-state index is 13.6. The molecule has 2 amide bonds. The Balaban J connectivity index is 1.52. The lowest BCUT2D eigenvalue weighted by atomic mass is 10.0. The van der Waals surface area contributed by atoms with E-state index in [1.54, 1.807) is 0 Å². The molecular weight excluding hydrogens is 510 g/mol. The molecule has 3 N–H and O–H groups in total. The van der Waals surface area contributed by atoms with Gasteiger partial charge in [-0.05, 0) is 74.6 Å². The third kappa shape index (κ3) is 5.41. The molecule has 10 nitrogen and oxygen atoms in total. The summed E-state index contributed by atoms with van der Waals surface area (Å²) < 4.78 is 7.75. The number of pyridine rings is 2. The molecular formula is C30H37N5O5. The quantitative estimate of drug-likeness (QED) is 0.434. The van der Waals surface area contributed by atoms with Crippen LogP contribution in [-0.2, 0) is 11.3 Å². The minimum Gasteiger partial charge on any atom is -0.465 e. The SMILES string of the molecule is Cc1cc(C)c(CNC(=O)c2cc3cc(C4=CCN(C(=O)O)CC4)cn3c(C(C)N3CCOCC3)c2C)c(=O)[nH]1. The van der Waals surface area contributed by atoms with Gasteiger partial charge in [0.25, 0.3) is 11.5 Å². The summed E-state index contributed by atoms with van der Waals surface area (Å²) in [5, 5.41) is 12.3. The van der Waals surface area contributed by atoms with Crippen LogP contribution in [0.4, 0.5) is 4.79 Å². The van der Waals surface area contributed by atoms with Crippen LogP contribution in [-0.4, -0.2) is 75.7 Å². The molecule has 212 valence electrons. The zero-order valence-corrected chi connectivity index (χ0v) is 23.5. The number of ether oxygens (including phenoxy) is 1. The van der Waals surface area contributed by atoms with Crippen molar-refractivity contribution < 1.29 is 19.4 Å². The van der Waals surface area contributed by atoms with E-state index in [4.69, 9.17) is 4.74 Å². The molecule has 0 bridgehead atoms. The molecule has 2 aliphatic rings. The highest BCUT2D eigenvalue weighted by Crippen LogP contribution is 2.32. The van der Waals surface area contributed by atoms with Gasteiger partial charge in [0, 0.05) is 73.0 Å². The number of hydrogen-bond donors (Lipinski definition) is 3. The number of carbonyl (C=O) groups is 2. The Morgan fingerprint density at radius 1 is 1.12 bits per heavy atom. The van der Waals surface area contributed by atoms with Crippen LogP contribution >= 0.6 is 0 Å². The normalized spacial score (nSPS) is 17.1. The molecule has 2 aliphatic heterocycles. The van der Waals surface area contributed by atoms with Gasteiger partial charge in [-0.15, -0.1) is 0 Å². The first-order valence-corrected chi connectivity index (χ1v) is 13.8. The van der Waals surface area contributed by atoms with Crippen molar-refractivity contribution in [2.45, 2.75) is 46.7 Å². The number of aromatic amines is 1. The third-order valence-electron chi connectivity index (χ3n) is 8.19. The van der Waals surface area contributed by atoms with Gasteiger partial charge in [0.1, 0.15) is 0 Å². The van der Waals surface area contributed by atoms with Crippen molar-refractivity contribution in [3.8, 4) is 0 Å². The van der Waals surface area contributed by atoms with Gasteiger partial charge < -0.3 is 29.4 Å². The van der Waals surface area contributed by atoms with Crippen LogP contribution in [0.25, 0.3) is 11.1 Å².